The third-order valence-electron chi connectivity index (χ3n) is 2.33. The molecule has 12 heavy (non-hydrogen) atoms. The maximum Gasteiger partial charge on any atom is 0.0383 e. The van der Waals surface area contributed by atoms with Crippen molar-refractivity contribution in [1.82, 2.24) is 5.32 Å². The summed E-state index contributed by atoms with van der Waals surface area (Å²) in [5.41, 5.74) is 5.40. The summed E-state index contributed by atoms with van der Waals surface area (Å²) in [4.78, 5) is 1.22. The highest BCUT2D eigenvalue weighted by molar-refractivity contribution is 7.80. The van der Waals surface area contributed by atoms with Crippen LogP contribution in [0.25, 0.3) is 0 Å². The maximum atomic E-state index is 5.40. The molecular formula is C9H18N2S. The lowest BCUT2D eigenvalue weighted by molar-refractivity contribution is 0.576. The first-order chi connectivity index (χ1) is 5.84. The van der Waals surface area contributed by atoms with E-state index in [9.17, 15) is 0 Å². The van der Waals surface area contributed by atoms with E-state index in [0.29, 0.717) is 6.04 Å². The van der Waals surface area contributed by atoms with Crippen LogP contribution in [0.5, 0.6) is 0 Å². The van der Waals surface area contributed by atoms with Crippen molar-refractivity contribution in [2.75, 3.05) is 13.1 Å². The summed E-state index contributed by atoms with van der Waals surface area (Å²) < 4.78 is 0. The van der Waals surface area contributed by atoms with Gasteiger partial charge in [0.1, 0.15) is 0 Å². The lowest BCUT2D eigenvalue weighted by atomic mass is 10.2. The molecule has 0 aromatic carbocycles. The number of rotatable bonds is 5. The van der Waals surface area contributed by atoms with E-state index in [1.165, 1.54) is 24.1 Å². The van der Waals surface area contributed by atoms with Gasteiger partial charge in [0.15, 0.2) is 0 Å². The number of thiocarbonyl (C=S) groups is 1. The molecule has 0 saturated heterocycles. The highest BCUT2D eigenvalue weighted by atomic mass is 32.1. The van der Waals surface area contributed by atoms with Gasteiger partial charge < -0.3 is 11.1 Å². The molecule has 3 N–H and O–H groups in total. The molecule has 0 heterocycles. The third-order valence-corrected chi connectivity index (χ3v) is 2.81. The van der Waals surface area contributed by atoms with Gasteiger partial charge in [0.05, 0.1) is 0 Å². The smallest absolute Gasteiger partial charge is 0.0383 e. The Morgan fingerprint density at radius 3 is 2.92 bits per heavy atom. The van der Waals surface area contributed by atoms with Gasteiger partial charge in [-0.2, -0.15) is 0 Å². The molecule has 0 aromatic rings. The average molecular weight is 186 g/mol. The van der Waals surface area contributed by atoms with E-state index in [1.54, 1.807) is 0 Å². The number of nitrogens with one attached hydrogen (secondary N) is 1. The molecule has 2 nitrogen and oxygen atoms in total. The van der Waals surface area contributed by atoms with Crippen LogP contribution in [-0.2, 0) is 0 Å². The van der Waals surface area contributed by atoms with Crippen molar-refractivity contribution in [3.63, 3.8) is 0 Å². The van der Waals surface area contributed by atoms with E-state index in [4.69, 9.17) is 18.0 Å². The van der Waals surface area contributed by atoms with Crippen LogP contribution in [0.15, 0.2) is 0 Å². The predicted molar refractivity (Wildman–Crippen MR) is 56.5 cm³/mol. The van der Waals surface area contributed by atoms with Gasteiger partial charge in [-0.15, -0.1) is 0 Å². The Morgan fingerprint density at radius 1 is 1.50 bits per heavy atom. The molecule has 0 aliphatic heterocycles. The largest absolute Gasteiger partial charge is 0.330 e. The Bertz CT molecular complexity index is 147. The fourth-order valence-corrected chi connectivity index (χ4v) is 1.92. The molecule has 0 spiro atoms. The van der Waals surface area contributed by atoms with Crippen molar-refractivity contribution in [2.24, 2.45) is 5.73 Å². The van der Waals surface area contributed by atoms with Crippen LogP contribution >= 0.6 is 12.2 Å². The van der Waals surface area contributed by atoms with Crippen molar-refractivity contribution >= 4 is 17.1 Å². The van der Waals surface area contributed by atoms with Gasteiger partial charge in [-0.1, -0.05) is 12.2 Å². The fraction of sp³-hybridized carbons (Fsp3) is 0.889. The maximum absolute atomic E-state index is 5.40. The second kappa shape index (κ2) is 5.62. The van der Waals surface area contributed by atoms with E-state index in [2.05, 4.69) is 5.32 Å². The van der Waals surface area contributed by atoms with Crippen LogP contribution < -0.4 is 11.1 Å². The summed E-state index contributed by atoms with van der Waals surface area (Å²) in [7, 11) is 0. The minimum absolute atomic E-state index is 0.526. The van der Waals surface area contributed by atoms with E-state index >= 15 is 0 Å². The zero-order chi connectivity index (χ0) is 8.81. The topological polar surface area (TPSA) is 38.0 Å². The molecule has 70 valence electrons. The Kier molecular flexibility index (Phi) is 4.73. The Labute approximate surface area is 79.9 Å². The number of hydrogen-bond donors (Lipinski definition) is 2. The lowest BCUT2D eigenvalue weighted by Crippen LogP contribution is -2.32. The molecule has 1 unspecified atom stereocenters. The second-order valence-corrected chi connectivity index (χ2v) is 3.89. The quantitative estimate of drug-likeness (QED) is 0.501. The zero-order valence-corrected chi connectivity index (χ0v) is 8.33. The third kappa shape index (κ3) is 3.17. The van der Waals surface area contributed by atoms with E-state index < -0.39 is 0 Å². The number of nitrogens with two attached hydrogens (primary N) is 1. The van der Waals surface area contributed by atoms with Gasteiger partial charge in [0, 0.05) is 10.9 Å². The Hall–Kier alpha value is 0.01000. The van der Waals surface area contributed by atoms with Gasteiger partial charge in [0.25, 0.3) is 0 Å². The lowest BCUT2D eigenvalue weighted by Gasteiger charge is -2.11. The minimum atomic E-state index is 0.526. The van der Waals surface area contributed by atoms with Crippen LogP contribution in [-0.4, -0.2) is 24.0 Å². The molecule has 0 radical (unpaired) electrons. The van der Waals surface area contributed by atoms with Crippen LogP contribution in [0.3, 0.4) is 0 Å². The van der Waals surface area contributed by atoms with Gasteiger partial charge in [-0.25, -0.2) is 0 Å². The molecule has 3 heteroatoms. The highest BCUT2D eigenvalue weighted by Gasteiger charge is 2.19. The molecular weight excluding hydrogens is 168 g/mol. The summed E-state index contributed by atoms with van der Waals surface area (Å²) >= 11 is 5.23. The zero-order valence-electron chi connectivity index (χ0n) is 7.51. The van der Waals surface area contributed by atoms with Crippen molar-refractivity contribution < 1.29 is 0 Å². The summed E-state index contributed by atoms with van der Waals surface area (Å²) in [6, 6.07) is 0.526. The van der Waals surface area contributed by atoms with E-state index in [1.807, 2.05) is 0 Å². The van der Waals surface area contributed by atoms with Gasteiger partial charge in [-0.3, -0.25) is 0 Å². The molecule has 0 bridgehead atoms. The van der Waals surface area contributed by atoms with E-state index in [-0.39, 0.29) is 0 Å². The standard InChI is InChI=1S/C9H18N2S/c10-6-1-2-7-11-8-4-3-5-9(8)12/h8,11H,1-7,10H2. The molecule has 0 amide bonds. The van der Waals surface area contributed by atoms with Crippen LogP contribution in [0.2, 0.25) is 0 Å². The molecule has 1 aliphatic rings. The summed E-state index contributed by atoms with van der Waals surface area (Å²) in [6.07, 6.45) is 5.95. The first-order valence-corrected chi connectivity index (χ1v) is 5.21. The van der Waals surface area contributed by atoms with Gasteiger partial charge in [-0.05, 0) is 45.2 Å². The molecule has 1 atom stereocenters. The Balaban J connectivity index is 2.02. The number of unbranched alkanes of at least 4 members (excludes halogenated alkanes) is 1. The molecule has 1 rings (SSSR count). The molecule has 0 aromatic heterocycles. The summed E-state index contributed by atoms with van der Waals surface area (Å²) in [6.45, 7) is 1.87. The predicted octanol–water partition coefficient (Wildman–Crippen LogP) is 1.24. The normalized spacial score (nSPS) is 23.4. The minimum Gasteiger partial charge on any atom is -0.330 e. The average Bonchev–Trinajstić information content (AvgIpc) is 2.46. The van der Waals surface area contributed by atoms with Crippen LogP contribution in [0.1, 0.15) is 32.1 Å². The molecule has 1 fully saturated rings. The van der Waals surface area contributed by atoms with Crippen LogP contribution in [0.4, 0.5) is 0 Å². The van der Waals surface area contributed by atoms with Crippen LogP contribution in [0, 0.1) is 0 Å². The van der Waals surface area contributed by atoms with Gasteiger partial charge in [0.2, 0.25) is 0 Å². The van der Waals surface area contributed by atoms with Crippen molar-refractivity contribution in [1.29, 1.82) is 0 Å². The van der Waals surface area contributed by atoms with E-state index in [0.717, 1.165) is 25.9 Å². The molecule has 1 aliphatic carbocycles. The fourth-order valence-electron chi connectivity index (χ4n) is 1.58. The Morgan fingerprint density at radius 2 is 2.33 bits per heavy atom. The number of hydrogen-bond acceptors (Lipinski definition) is 3. The molecule has 1 saturated carbocycles. The summed E-state index contributed by atoms with van der Waals surface area (Å²) in [5.74, 6) is 0. The summed E-state index contributed by atoms with van der Waals surface area (Å²) in [5, 5.41) is 3.47. The first-order valence-electron chi connectivity index (χ1n) is 4.81. The first kappa shape index (κ1) is 10.1. The monoisotopic (exact) mass is 186 g/mol. The van der Waals surface area contributed by atoms with Crippen molar-refractivity contribution in [2.45, 2.75) is 38.1 Å². The van der Waals surface area contributed by atoms with Crippen molar-refractivity contribution in [3.8, 4) is 0 Å². The second-order valence-electron chi connectivity index (χ2n) is 3.36. The highest BCUT2D eigenvalue weighted by Crippen LogP contribution is 2.15. The van der Waals surface area contributed by atoms with Crippen molar-refractivity contribution in [3.05, 3.63) is 0 Å². The SMILES string of the molecule is NCCCCNC1CCCC1=S. The van der Waals surface area contributed by atoms with Gasteiger partial charge >= 0.3 is 0 Å².